The van der Waals surface area contributed by atoms with E-state index in [-0.39, 0.29) is 12.0 Å². The molecule has 1 fully saturated rings. The fourth-order valence-corrected chi connectivity index (χ4v) is 2.36. The van der Waals surface area contributed by atoms with Gasteiger partial charge in [-0.1, -0.05) is 13.0 Å². The lowest BCUT2D eigenvalue weighted by Crippen LogP contribution is -2.45. The SMILES string of the molecule is CCC1CN(CC(=O)Nc2ccc(C)cc2N)CCO1. The summed E-state index contributed by atoms with van der Waals surface area (Å²) in [5.41, 5.74) is 8.27. The predicted molar refractivity (Wildman–Crippen MR) is 80.7 cm³/mol. The van der Waals surface area contributed by atoms with Crippen molar-refractivity contribution in [2.24, 2.45) is 0 Å². The maximum atomic E-state index is 12.1. The van der Waals surface area contributed by atoms with E-state index >= 15 is 0 Å². The minimum absolute atomic E-state index is 0.0303. The lowest BCUT2D eigenvalue weighted by molar-refractivity contribution is -0.119. The van der Waals surface area contributed by atoms with Crippen LogP contribution in [-0.4, -0.2) is 43.2 Å². The molecule has 1 aliphatic heterocycles. The smallest absolute Gasteiger partial charge is 0.238 e. The summed E-state index contributed by atoms with van der Waals surface area (Å²) in [6.07, 6.45) is 1.21. The van der Waals surface area contributed by atoms with Crippen LogP contribution in [0.1, 0.15) is 18.9 Å². The third-order valence-electron chi connectivity index (χ3n) is 3.53. The Kier molecular flexibility index (Phi) is 4.98. The van der Waals surface area contributed by atoms with Gasteiger partial charge in [0, 0.05) is 13.1 Å². The van der Waals surface area contributed by atoms with Crippen LogP contribution in [0.3, 0.4) is 0 Å². The molecule has 1 atom stereocenters. The van der Waals surface area contributed by atoms with Crippen LogP contribution in [0.4, 0.5) is 11.4 Å². The fourth-order valence-electron chi connectivity index (χ4n) is 2.36. The van der Waals surface area contributed by atoms with Gasteiger partial charge in [-0.3, -0.25) is 9.69 Å². The van der Waals surface area contributed by atoms with Gasteiger partial charge < -0.3 is 15.8 Å². The van der Waals surface area contributed by atoms with E-state index in [0.717, 1.165) is 25.1 Å². The van der Waals surface area contributed by atoms with E-state index in [1.165, 1.54) is 0 Å². The molecule has 0 aromatic heterocycles. The average Bonchev–Trinajstić information content (AvgIpc) is 2.42. The molecule has 1 aliphatic rings. The monoisotopic (exact) mass is 277 g/mol. The summed E-state index contributed by atoms with van der Waals surface area (Å²) >= 11 is 0. The molecular weight excluding hydrogens is 254 g/mol. The molecule has 0 radical (unpaired) electrons. The number of amides is 1. The summed E-state index contributed by atoms with van der Waals surface area (Å²) in [5.74, 6) is -0.0303. The third-order valence-corrected chi connectivity index (χ3v) is 3.53. The molecule has 5 heteroatoms. The number of hydrogen-bond acceptors (Lipinski definition) is 4. The van der Waals surface area contributed by atoms with Crippen molar-refractivity contribution in [3.63, 3.8) is 0 Å². The number of carbonyl (C=O) groups excluding carboxylic acids is 1. The van der Waals surface area contributed by atoms with Crippen LogP contribution in [0.5, 0.6) is 0 Å². The van der Waals surface area contributed by atoms with Crippen molar-refractivity contribution in [1.82, 2.24) is 4.90 Å². The number of nitrogens with zero attached hydrogens (tertiary/aromatic N) is 1. The molecule has 3 N–H and O–H groups in total. The molecule has 0 saturated carbocycles. The van der Waals surface area contributed by atoms with Crippen LogP contribution in [-0.2, 0) is 9.53 Å². The molecule has 0 bridgehead atoms. The number of ether oxygens (including phenoxy) is 1. The average molecular weight is 277 g/mol. The van der Waals surface area contributed by atoms with Crippen LogP contribution in [0.15, 0.2) is 18.2 Å². The van der Waals surface area contributed by atoms with Gasteiger partial charge in [0.05, 0.1) is 30.6 Å². The zero-order valence-corrected chi connectivity index (χ0v) is 12.2. The van der Waals surface area contributed by atoms with E-state index in [1.54, 1.807) is 0 Å². The number of rotatable bonds is 4. The Hall–Kier alpha value is -1.59. The van der Waals surface area contributed by atoms with E-state index in [0.29, 0.717) is 24.5 Å². The Morgan fingerprint density at radius 1 is 1.55 bits per heavy atom. The molecule has 0 spiro atoms. The number of hydrogen-bond donors (Lipinski definition) is 2. The maximum absolute atomic E-state index is 12.1. The molecule has 1 aromatic rings. The number of nitrogen functional groups attached to an aromatic ring is 1. The highest BCUT2D eigenvalue weighted by atomic mass is 16.5. The van der Waals surface area contributed by atoms with E-state index in [9.17, 15) is 4.79 Å². The second-order valence-electron chi connectivity index (χ2n) is 5.28. The summed E-state index contributed by atoms with van der Waals surface area (Å²) in [4.78, 5) is 14.2. The summed E-state index contributed by atoms with van der Waals surface area (Å²) in [5, 5.41) is 2.87. The van der Waals surface area contributed by atoms with E-state index in [1.807, 2.05) is 25.1 Å². The molecule has 5 nitrogen and oxygen atoms in total. The largest absolute Gasteiger partial charge is 0.397 e. The van der Waals surface area contributed by atoms with E-state index < -0.39 is 0 Å². The van der Waals surface area contributed by atoms with Crippen LogP contribution in [0.25, 0.3) is 0 Å². The third kappa shape index (κ3) is 3.95. The number of benzene rings is 1. The van der Waals surface area contributed by atoms with Crippen LogP contribution in [0.2, 0.25) is 0 Å². The molecular formula is C15H23N3O2. The topological polar surface area (TPSA) is 67.6 Å². The summed E-state index contributed by atoms with van der Waals surface area (Å²) in [6.45, 7) is 6.76. The highest BCUT2D eigenvalue weighted by Crippen LogP contribution is 2.19. The Balaban J connectivity index is 1.88. The molecule has 20 heavy (non-hydrogen) atoms. The molecule has 110 valence electrons. The first-order valence-corrected chi connectivity index (χ1v) is 7.08. The first-order chi connectivity index (χ1) is 9.58. The van der Waals surface area contributed by atoms with Crippen molar-refractivity contribution in [3.8, 4) is 0 Å². The molecule has 1 aromatic carbocycles. The van der Waals surface area contributed by atoms with Gasteiger partial charge >= 0.3 is 0 Å². The van der Waals surface area contributed by atoms with Gasteiger partial charge in [-0.2, -0.15) is 0 Å². The van der Waals surface area contributed by atoms with Crippen LogP contribution >= 0.6 is 0 Å². The minimum atomic E-state index is -0.0303. The van der Waals surface area contributed by atoms with Crippen molar-refractivity contribution in [2.45, 2.75) is 26.4 Å². The highest BCUT2D eigenvalue weighted by Gasteiger charge is 2.20. The van der Waals surface area contributed by atoms with Gasteiger partial charge in [0.2, 0.25) is 5.91 Å². The van der Waals surface area contributed by atoms with Gasteiger partial charge in [0.25, 0.3) is 0 Å². The quantitative estimate of drug-likeness (QED) is 0.821. The van der Waals surface area contributed by atoms with Crippen LogP contribution in [0, 0.1) is 6.92 Å². The second-order valence-corrected chi connectivity index (χ2v) is 5.28. The minimum Gasteiger partial charge on any atom is -0.397 e. The van der Waals surface area contributed by atoms with E-state index in [4.69, 9.17) is 10.5 Å². The lowest BCUT2D eigenvalue weighted by atomic mass is 10.2. The molecule has 1 unspecified atom stereocenters. The Morgan fingerprint density at radius 2 is 2.35 bits per heavy atom. The summed E-state index contributed by atoms with van der Waals surface area (Å²) < 4.78 is 5.60. The Bertz CT molecular complexity index is 476. The Morgan fingerprint density at radius 3 is 3.05 bits per heavy atom. The fraction of sp³-hybridized carbons (Fsp3) is 0.533. The van der Waals surface area contributed by atoms with Crippen molar-refractivity contribution in [2.75, 3.05) is 37.3 Å². The van der Waals surface area contributed by atoms with Gasteiger partial charge in [0.1, 0.15) is 0 Å². The molecule has 0 aliphatic carbocycles. The number of morpholine rings is 1. The van der Waals surface area contributed by atoms with Crippen molar-refractivity contribution < 1.29 is 9.53 Å². The highest BCUT2D eigenvalue weighted by molar-refractivity contribution is 5.95. The van der Waals surface area contributed by atoms with Gasteiger partial charge in [0.15, 0.2) is 0 Å². The first kappa shape index (κ1) is 14.8. The molecule has 1 saturated heterocycles. The standard InChI is InChI=1S/C15H23N3O2/c1-3-12-9-18(6-7-20-12)10-15(19)17-14-5-4-11(2)8-13(14)16/h4-5,8,12H,3,6-7,9-10,16H2,1-2H3,(H,17,19). The van der Waals surface area contributed by atoms with Crippen LogP contribution < -0.4 is 11.1 Å². The summed E-state index contributed by atoms with van der Waals surface area (Å²) in [6, 6.07) is 5.64. The Labute approximate surface area is 120 Å². The predicted octanol–water partition coefficient (Wildman–Crippen LogP) is 1.63. The normalized spacial score (nSPS) is 19.8. The maximum Gasteiger partial charge on any atom is 0.238 e. The number of nitrogens with one attached hydrogen (secondary N) is 1. The zero-order chi connectivity index (χ0) is 14.5. The number of aryl methyl sites for hydroxylation is 1. The van der Waals surface area contributed by atoms with Crippen molar-refractivity contribution in [1.29, 1.82) is 0 Å². The number of carbonyl (C=O) groups is 1. The summed E-state index contributed by atoms with van der Waals surface area (Å²) in [7, 11) is 0. The molecule has 2 rings (SSSR count). The van der Waals surface area contributed by atoms with Crippen molar-refractivity contribution >= 4 is 17.3 Å². The zero-order valence-electron chi connectivity index (χ0n) is 12.2. The van der Waals surface area contributed by atoms with Gasteiger partial charge in [-0.25, -0.2) is 0 Å². The van der Waals surface area contributed by atoms with Gasteiger partial charge in [-0.15, -0.1) is 0 Å². The van der Waals surface area contributed by atoms with Crippen molar-refractivity contribution in [3.05, 3.63) is 23.8 Å². The molecule has 1 amide bonds. The molecule has 1 heterocycles. The number of nitrogens with two attached hydrogens (primary N) is 1. The first-order valence-electron chi connectivity index (χ1n) is 7.08. The van der Waals surface area contributed by atoms with E-state index in [2.05, 4.69) is 17.1 Å². The van der Waals surface area contributed by atoms with Gasteiger partial charge in [-0.05, 0) is 31.0 Å². The number of anilines is 2. The lowest BCUT2D eigenvalue weighted by Gasteiger charge is -2.31. The second kappa shape index (κ2) is 6.72.